The van der Waals surface area contributed by atoms with Crippen LogP contribution in [-0.2, 0) is 20.0 Å². The van der Waals surface area contributed by atoms with Gasteiger partial charge in [-0.2, -0.15) is 5.10 Å². The molecule has 0 saturated heterocycles. The first-order chi connectivity index (χ1) is 13.7. The number of hydrogen-bond donors (Lipinski definition) is 0. The lowest BCUT2D eigenvalue weighted by molar-refractivity contribution is 0.340. The Labute approximate surface area is 163 Å². The van der Waals surface area contributed by atoms with E-state index in [2.05, 4.69) is 41.5 Å². The molecule has 0 unspecified atom stereocenters. The van der Waals surface area contributed by atoms with E-state index in [1.807, 2.05) is 36.1 Å². The highest BCUT2D eigenvalue weighted by atomic mass is 16.5. The highest BCUT2D eigenvalue weighted by molar-refractivity contribution is 5.85. The zero-order valence-corrected chi connectivity index (χ0v) is 16.1. The fraction of sp³-hybridized carbons (Fsp3) is 0.217. The molecule has 2 aromatic carbocycles. The van der Waals surface area contributed by atoms with Crippen LogP contribution in [-0.4, -0.2) is 21.0 Å². The van der Waals surface area contributed by atoms with Gasteiger partial charge in [0.2, 0.25) is 0 Å². The van der Waals surface area contributed by atoms with Crippen molar-refractivity contribution in [3.05, 3.63) is 82.9 Å². The molecule has 0 spiro atoms. The molecule has 0 aliphatic rings. The van der Waals surface area contributed by atoms with Crippen molar-refractivity contribution in [3.8, 4) is 16.9 Å². The van der Waals surface area contributed by atoms with E-state index in [-0.39, 0.29) is 5.56 Å². The molecule has 0 N–H and O–H groups in total. The van der Waals surface area contributed by atoms with Gasteiger partial charge in [0.15, 0.2) is 0 Å². The standard InChI is InChI=1S/C23H23N3O2/c1-3-28-22-14-23(27)25(2)16-20(22)18-9-10-19-15-24-26(21(19)13-18)12-11-17-7-5-4-6-8-17/h4-10,13-16H,3,11-12H2,1-2H3. The fourth-order valence-corrected chi connectivity index (χ4v) is 3.40. The predicted molar refractivity (Wildman–Crippen MR) is 112 cm³/mol. The van der Waals surface area contributed by atoms with Crippen LogP contribution in [0.3, 0.4) is 0 Å². The van der Waals surface area contributed by atoms with Gasteiger partial charge in [0.25, 0.3) is 5.56 Å². The molecule has 0 atom stereocenters. The maximum atomic E-state index is 12.0. The summed E-state index contributed by atoms with van der Waals surface area (Å²) in [5, 5.41) is 5.66. The van der Waals surface area contributed by atoms with E-state index >= 15 is 0 Å². The first-order valence-corrected chi connectivity index (χ1v) is 9.49. The third-order valence-corrected chi connectivity index (χ3v) is 4.90. The van der Waals surface area contributed by atoms with Crippen LogP contribution in [0.25, 0.3) is 22.0 Å². The van der Waals surface area contributed by atoms with Crippen LogP contribution in [0.15, 0.2) is 71.8 Å². The van der Waals surface area contributed by atoms with E-state index < -0.39 is 0 Å². The van der Waals surface area contributed by atoms with Crippen LogP contribution in [0.4, 0.5) is 0 Å². The van der Waals surface area contributed by atoms with Gasteiger partial charge in [-0.1, -0.05) is 42.5 Å². The summed E-state index contributed by atoms with van der Waals surface area (Å²) in [5.74, 6) is 0.611. The molecule has 28 heavy (non-hydrogen) atoms. The Balaban J connectivity index is 1.72. The second kappa shape index (κ2) is 7.72. The predicted octanol–water partition coefficient (Wildman–Crippen LogP) is 4.04. The lowest BCUT2D eigenvalue weighted by Gasteiger charge is -2.12. The number of aromatic nitrogens is 3. The number of benzene rings is 2. The van der Waals surface area contributed by atoms with Gasteiger partial charge >= 0.3 is 0 Å². The van der Waals surface area contributed by atoms with E-state index in [9.17, 15) is 4.79 Å². The molecule has 0 amide bonds. The van der Waals surface area contributed by atoms with Crippen molar-refractivity contribution in [2.45, 2.75) is 19.9 Å². The van der Waals surface area contributed by atoms with Gasteiger partial charge in [-0.15, -0.1) is 0 Å². The smallest absolute Gasteiger partial charge is 0.254 e. The van der Waals surface area contributed by atoms with Gasteiger partial charge in [-0.3, -0.25) is 9.48 Å². The van der Waals surface area contributed by atoms with Gasteiger partial charge < -0.3 is 9.30 Å². The minimum atomic E-state index is -0.0822. The third-order valence-electron chi connectivity index (χ3n) is 4.90. The van der Waals surface area contributed by atoms with Crippen molar-refractivity contribution < 1.29 is 4.74 Å². The molecule has 0 bridgehead atoms. The highest BCUT2D eigenvalue weighted by Crippen LogP contribution is 2.31. The van der Waals surface area contributed by atoms with Crippen molar-refractivity contribution in [1.82, 2.24) is 14.3 Å². The van der Waals surface area contributed by atoms with Crippen LogP contribution in [0, 0.1) is 0 Å². The Bertz CT molecular complexity index is 1160. The first-order valence-electron chi connectivity index (χ1n) is 9.49. The minimum absolute atomic E-state index is 0.0822. The van der Waals surface area contributed by atoms with E-state index in [0.29, 0.717) is 12.4 Å². The summed E-state index contributed by atoms with van der Waals surface area (Å²) >= 11 is 0. The molecular weight excluding hydrogens is 350 g/mol. The molecule has 4 rings (SSSR count). The molecule has 2 aromatic heterocycles. The van der Waals surface area contributed by atoms with Crippen molar-refractivity contribution in [2.75, 3.05) is 6.61 Å². The molecular formula is C23H23N3O2. The molecule has 0 radical (unpaired) electrons. The Kier molecular flexibility index (Phi) is 4.98. The van der Waals surface area contributed by atoms with Gasteiger partial charge in [0.1, 0.15) is 5.75 Å². The largest absolute Gasteiger partial charge is 0.493 e. The van der Waals surface area contributed by atoms with Crippen LogP contribution >= 0.6 is 0 Å². The monoisotopic (exact) mass is 373 g/mol. The topological polar surface area (TPSA) is 49.1 Å². The zero-order chi connectivity index (χ0) is 19.5. The summed E-state index contributed by atoms with van der Waals surface area (Å²) in [6, 6.07) is 18.2. The van der Waals surface area contributed by atoms with Gasteiger partial charge in [-0.05, 0) is 30.5 Å². The summed E-state index contributed by atoms with van der Waals surface area (Å²) < 4.78 is 9.33. The van der Waals surface area contributed by atoms with Crippen molar-refractivity contribution >= 4 is 10.9 Å². The van der Waals surface area contributed by atoms with Crippen molar-refractivity contribution in [3.63, 3.8) is 0 Å². The van der Waals surface area contributed by atoms with Crippen LogP contribution in [0.1, 0.15) is 12.5 Å². The van der Waals surface area contributed by atoms with E-state index in [4.69, 9.17) is 4.74 Å². The number of nitrogens with zero attached hydrogens (tertiary/aromatic N) is 3. The molecule has 2 heterocycles. The molecule has 5 nitrogen and oxygen atoms in total. The molecule has 5 heteroatoms. The summed E-state index contributed by atoms with van der Waals surface area (Å²) in [5.41, 5.74) is 4.19. The Morgan fingerprint density at radius 1 is 1.07 bits per heavy atom. The summed E-state index contributed by atoms with van der Waals surface area (Å²) in [6.45, 7) is 3.24. The van der Waals surface area contributed by atoms with Crippen molar-refractivity contribution in [1.29, 1.82) is 0 Å². The number of rotatable bonds is 6. The lowest BCUT2D eigenvalue weighted by atomic mass is 10.0. The molecule has 0 aliphatic carbocycles. The fourth-order valence-electron chi connectivity index (χ4n) is 3.40. The molecule has 142 valence electrons. The Morgan fingerprint density at radius 3 is 2.68 bits per heavy atom. The average molecular weight is 373 g/mol. The highest BCUT2D eigenvalue weighted by Gasteiger charge is 2.12. The van der Waals surface area contributed by atoms with Crippen LogP contribution in [0.2, 0.25) is 0 Å². The molecule has 0 saturated carbocycles. The van der Waals surface area contributed by atoms with Gasteiger partial charge in [0.05, 0.1) is 18.3 Å². The third kappa shape index (κ3) is 3.56. The molecule has 0 aliphatic heterocycles. The van der Waals surface area contributed by atoms with E-state index in [1.165, 1.54) is 5.56 Å². The Hall–Kier alpha value is -3.34. The van der Waals surface area contributed by atoms with Crippen LogP contribution < -0.4 is 10.3 Å². The number of fused-ring (bicyclic) bond motifs is 1. The van der Waals surface area contributed by atoms with E-state index in [0.717, 1.165) is 35.0 Å². The minimum Gasteiger partial charge on any atom is -0.493 e. The van der Waals surface area contributed by atoms with Gasteiger partial charge in [0, 0.05) is 36.8 Å². The maximum absolute atomic E-state index is 12.0. The SMILES string of the molecule is CCOc1cc(=O)n(C)cc1-c1ccc2cnn(CCc3ccccc3)c2c1. The van der Waals surface area contributed by atoms with Gasteiger partial charge in [-0.25, -0.2) is 0 Å². The quantitative estimate of drug-likeness (QED) is 0.512. The average Bonchev–Trinajstić information content (AvgIpc) is 3.12. The Morgan fingerprint density at radius 2 is 1.89 bits per heavy atom. The maximum Gasteiger partial charge on any atom is 0.254 e. The second-order valence-corrected chi connectivity index (χ2v) is 6.81. The summed E-state index contributed by atoms with van der Waals surface area (Å²) in [7, 11) is 1.75. The number of aryl methyl sites for hydroxylation is 3. The lowest BCUT2D eigenvalue weighted by Crippen LogP contribution is -2.16. The number of ether oxygens (including phenoxy) is 1. The molecule has 4 aromatic rings. The van der Waals surface area contributed by atoms with Crippen molar-refractivity contribution in [2.24, 2.45) is 7.05 Å². The number of pyridine rings is 1. The zero-order valence-electron chi connectivity index (χ0n) is 16.1. The van der Waals surface area contributed by atoms with Crippen LogP contribution in [0.5, 0.6) is 5.75 Å². The van der Waals surface area contributed by atoms with E-state index in [1.54, 1.807) is 17.7 Å². The summed E-state index contributed by atoms with van der Waals surface area (Å²) in [6.07, 6.45) is 4.65. The first kappa shape index (κ1) is 18.0. The second-order valence-electron chi connectivity index (χ2n) is 6.81. The summed E-state index contributed by atoms with van der Waals surface area (Å²) in [4.78, 5) is 12.0. The normalized spacial score (nSPS) is 11.1. The molecule has 0 fully saturated rings. The number of hydrogen-bond acceptors (Lipinski definition) is 3.